The summed E-state index contributed by atoms with van der Waals surface area (Å²) in [7, 11) is 0. The van der Waals surface area contributed by atoms with E-state index in [1.165, 1.54) is 38.5 Å². The number of hydrogen-bond donors (Lipinski definition) is 0. The van der Waals surface area contributed by atoms with Gasteiger partial charge in [-0.3, -0.25) is 0 Å². The topological polar surface area (TPSA) is 0 Å². The summed E-state index contributed by atoms with van der Waals surface area (Å²) >= 11 is 0. The summed E-state index contributed by atoms with van der Waals surface area (Å²) in [6, 6.07) is 0. The fourth-order valence-corrected chi connectivity index (χ4v) is 0.854. The van der Waals surface area contributed by atoms with Gasteiger partial charge in [-0.05, 0) is 19.4 Å². The molecule has 0 saturated carbocycles. The smallest absolute Gasteiger partial charge is 0.0351 e. The van der Waals surface area contributed by atoms with E-state index < -0.39 is 0 Å². The zero-order valence-corrected chi connectivity index (χ0v) is 9.95. The highest BCUT2D eigenvalue weighted by molar-refractivity contribution is 4.87. The third-order valence-electron chi connectivity index (χ3n) is 1.81. The molecule has 0 aromatic heterocycles. The van der Waals surface area contributed by atoms with Gasteiger partial charge in [-0.25, -0.2) is 0 Å². The van der Waals surface area contributed by atoms with Crippen LogP contribution in [-0.4, -0.2) is 0 Å². The molecule has 0 heterocycles. The lowest BCUT2D eigenvalue weighted by Gasteiger charge is -1.93. The molecular weight excluding hydrogens is 156 g/mol. The number of unbranched alkanes of at least 4 members (excludes halogenated alkanes) is 5. The predicted molar refractivity (Wildman–Crippen MR) is 63.1 cm³/mol. The Hall–Kier alpha value is -0.480. The lowest BCUT2D eigenvalue weighted by Crippen LogP contribution is -1.73. The summed E-state index contributed by atoms with van der Waals surface area (Å²) < 4.78 is 0. The lowest BCUT2D eigenvalue weighted by molar-refractivity contribution is 0.624. The van der Waals surface area contributed by atoms with E-state index in [4.69, 9.17) is 0 Å². The summed E-state index contributed by atoms with van der Waals surface area (Å²) in [6.45, 7) is 11.8. The highest BCUT2D eigenvalue weighted by Gasteiger charge is 1.83. The Bertz CT molecular complexity index is 117. The molecule has 0 saturated heterocycles. The van der Waals surface area contributed by atoms with Gasteiger partial charge in [0.25, 0.3) is 0 Å². The molecule has 0 amide bonds. The molecule has 0 radical (unpaired) electrons. The van der Waals surface area contributed by atoms with Gasteiger partial charge in [-0.15, -0.1) is 5.73 Å². The van der Waals surface area contributed by atoms with Gasteiger partial charge < -0.3 is 0 Å². The summed E-state index contributed by atoms with van der Waals surface area (Å²) in [5, 5.41) is 0. The van der Waals surface area contributed by atoms with Gasteiger partial charge in [0.05, 0.1) is 0 Å². The molecule has 0 unspecified atom stereocenters. The fraction of sp³-hybridized carbons (Fsp3) is 0.769. The average Bonchev–Trinajstić information content (AvgIpc) is 2.14. The van der Waals surface area contributed by atoms with E-state index in [0.29, 0.717) is 0 Å². The van der Waals surface area contributed by atoms with Crippen LogP contribution in [0.15, 0.2) is 17.9 Å². The average molecular weight is 182 g/mol. The molecule has 0 rings (SSSR count). The van der Waals surface area contributed by atoms with Crippen molar-refractivity contribution in [3.63, 3.8) is 0 Å². The molecule has 0 aliphatic heterocycles. The van der Waals surface area contributed by atoms with Gasteiger partial charge in [0.15, 0.2) is 0 Å². The standard InChI is InChI=1S/C8H18.C5H8/c1-3-5-7-8-6-4-2;1-4-5(2)3/h3-8H2,1-2H3;1H2,2-3H3. The van der Waals surface area contributed by atoms with Crippen LogP contribution in [0.2, 0.25) is 0 Å². The number of hydrogen-bond acceptors (Lipinski definition) is 0. The van der Waals surface area contributed by atoms with Crippen molar-refractivity contribution in [1.82, 2.24) is 0 Å². The molecule has 0 aromatic carbocycles. The van der Waals surface area contributed by atoms with Crippen molar-refractivity contribution in [3.8, 4) is 0 Å². The van der Waals surface area contributed by atoms with Gasteiger partial charge >= 0.3 is 0 Å². The van der Waals surface area contributed by atoms with Crippen molar-refractivity contribution in [3.05, 3.63) is 17.9 Å². The van der Waals surface area contributed by atoms with Crippen molar-refractivity contribution in [1.29, 1.82) is 0 Å². The SMILES string of the molecule is C=C=C(C)C.CCCCCCCC. The maximum atomic E-state index is 3.40. The molecule has 0 bridgehead atoms. The number of rotatable bonds is 5. The van der Waals surface area contributed by atoms with Crippen molar-refractivity contribution >= 4 is 0 Å². The van der Waals surface area contributed by atoms with Crippen LogP contribution in [0.5, 0.6) is 0 Å². The van der Waals surface area contributed by atoms with Gasteiger partial charge in [-0.1, -0.05) is 59.0 Å². The summed E-state index contributed by atoms with van der Waals surface area (Å²) in [5.41, 5.74) is 3.84. The minimum absolute atomic E-state index is 1.14. The van der Waals surface area contributed by atoms with E-state index in [1.54, 1.807) is 0 Å². The van der Waals surface area contributed by atoms with E-state index in [2.05, 4.69) is 26.2 Å². The summed E-state index contributed by atoms with van der Waals surface area (Å²) in [6.07, 6.45) is 8.49. The summed E-state index contributed by atoms with van der Waals surface area (Å²) in [4.78, 5) is 0. The van der Waals surface area contributed by atoms with Gasteiger partial charge in [0.1, 0.15) is 0 Å². The minimum atomic E-state index is 1.14. The van der Waals surface area contributed by atoms with Crippen molar-refractivity contribution in [2.45, 2.75) is 66.2 Å². The fourth-order valence-electron chi connectivity index (χ4n) is 0.854. The third-order valence-corrected chi connectivity index (χ3v) is 1.81. The van der Waals surface area contributed by atoms with Gasteiger partial charge in [0.2, 0.25) is 0 Å². The Morgan fingerprint density at radius 1 is 0.923 bits per heavy atom. The third kappa shape index (κ3) is 24.6. The van der Waals surface area contributed by atoms with Crippen LogP contribution in [0.25, 0.3) is 0 Å². The first kappa shape index (κ1) is 15.0. The van der Waals surface area contributed by atoms with E-state index in [9.17, 15) is 0 Å². The Morgan fingerprint density at radius 3 is 1.38 bits per heavy atom. The zero-order valence-electron chi connectivity index (χ0n) is 9.95. The van der Waals surface area contributed by atoms with Gasteiger partial charge in [0, 0.05) is 0 Å². The largest absolute Gasteiger partial charge is 0.130 e. The first-order valence-electron chi connectivity index (χ1n) is 5.52. The highest BCUT2D eigenvalue weighted by Crippen LogP contribution is 2.03. The van der Waals surface area contributed by atoms with E-state index in [1.807, 2.05) is 13.8 Å². The molecule has 0 heteroatoms. The first-order valence-corrected chi connectivity index (χ1v) is 5.52. The Morgan fingerprint density at radius 2 is 1.23 bits per heavy atom. The summed E-state index contributed by atoms with van der Waals surface area (Å²) in [5.74, 6) is 0. The quantitative estimate of drug-likeness (QED) is 0.409. The zero-order chi connectivity index (χ0) is 10.5. The molecule has 78 valence electrons. The molecular formula is C13H26. The maximum Gasteiger partial charge on any atom is -0.0351 e. The Balaban J connectivity index is 0. The molecule has 0 atom stereocenters. The molecule has 0 aromatic rings. The molecule has 0 spiro atoms. The van der Waals surface area contributed by atoms with Crippen LogP contribution >= 0.6 is 0 Å². The monoisotopic (exact) mass is 182 g/mol. The normalized spacial score (nSPS) is 8.31. The van der Waals surface area contributed by atoms with Crippen LogP contribution in [0, 0.1) is 0 Å². The van der Waals surface area contributed by atoms with E-state index in [-0.39, 0.29) is 0 Å². The molecule has 0 nitrogen and oxygen atoms in total. The molecule has 0 aliphatic carbocycles. The maximum absolute atomic E-state index is 3.40. The van der Waals surface area contributed by atoms with Gasteiger partial charge in [-0.2, -0.15) is 0 Å². The van der Waals surface area contributed by atoms with E-state index in [0.717, 1.165) is 5.57 Å². The molecule has 13 heavy (non-hydrogen) atoms. The Labute approximate surface area is 84.7 Å². The first-order chi connectivity index (χ1) is 6.18. The second-order valence-corrected chi connectivity index (χ2v) is 3.59. The van der Waals surface area contributed by atoms with Crippen LogP contribution in [0.1, 0.15) is 66.2 Å². The van der Waals surface area contributed by atoms with Crippen LogP contribution < -0.4 is 0 Å². The van der Waals surface area contributed by atoms with Crippen LogP contribution in [0.4, 0.5) is 0 Å². The second kappa shape index (κ2) is 14.1. The van der Waals surface area contributed by atoms with Crippen molar-refractivity contribution < 1.29 is 0 Å². The highest BCUT2D eigenvalue weighted by atomic mass is 13.9. The molecule has 0 N–H and O–H groups in total. The number of allylic oxidation sites excluding steroid dienone is 1. The second-order valence-electron chi connectivity index (χ2n) is 3.59. The minimum Gasteiger partial charge on any atom is -0.130 e. The lowest BCUT2D eigenvalue weighted by atomic mass is 10.1. The predicted octanol–water partition coefficient (Wildman–Crippen LogP) is 5.10. The Kier molecular flexibility index (Phi) is 16.2. The van der Waals surface area contributed by atoms with Crippen molar-refractivity contribution in [2.75, 3.05) is 0 Å². The van der Waals surface area contributed by atoms with Crippen molar-refractivity contribution in [2.24, 2.45) is 0 Å². The molecule has 0 aliphatic rings. The van der Waals surface area contributed by atoms with Crippen LogP contribution in [-0.2, 0) is 0 Å². The molecule has 0 fully saturated rings. The van der Waals surface area contributed by atoms with E-state index >= 15 is 0 Å². The van der Waals surface area contributed by atoms with Crippen LogP contribution in [0.3, 0.4) is 0 Å².